The molecule has 0 bridgehead atoms. The van der Waals surface area contributed by atoms with Crippen LogP contribution in [0.3, 0.4) is 0 Å². The molecule has 0 amide bonds. The fraction of sp³-hybridized carbons (Fsp3) is 0.667. The van der Waals surface area contributed by atoms with Gasteiger partial charge in [0.25, 0.3) is 0 Å². The third-order valence-electron chi connectivity index (χ3n) is 3.71. The number of rotatable bonds is 9. The van der Waals surface area contributed by atoms with E-state index >= 15 is 0 Å². The van der Waals surface area contributed by atoms with Crippen molar-refractivity contribution in [1.82, 2.24) is 5.32 Å². The minimum absolute atomic E-state index is 0.742. The second-order valence-electron chi connectivity index (χ2n) is 6.66. The lowest BCUT2D eigenvalue weighted by Gasteiger charge is -2.29. The lowest BCUT2D eigenvalue weighted by Crippen LogP contribution is -2.29. The van der Waals surface area contributed by atoms with Gasteiger partial charge in [-0.25, -0.2) is 0 Å². The minimum atomic E-state index is 0.742. The molecule has 1 N–H and O–H groups in total. The molecule has 1 aromatic rings. The molecule has 0 aromatic heterocycles. The maximum absolute atomic E-state index is 3.63. The zero-order valence-electron chi connectivity index (χ0n) is 14.2. The fourth-order valence-electron chi connectivity index (χ4n) is 2.35. The Morgan fingerprint density at radius 3 is 2.10 bits per heavy atom. The molecule has 0 radical (unpaired) electrons. The largest absolute Gasteiger partial charge is 0.371 e. The van der Waals surface area contributed by atoms with Crippen LogP contribution < -0.4 is 10.2 Å². The number of benzene rings is 1. The van der Waals surface area contributed by atoms with E-state index in [-0.39, 0.29) is 0 Å². The van der Waals surface area contributed by atoms with Crippen LogP contribution in [0.4, 0.5) is 5.69 Å². The Hall–Kier alpha value is -0.540. The first-order valence-corrected chi connectivity index (χ1v) is 8.91. The molecule has 0 heterocycles. The molecule has 0 saturated carbocycles. The molecule has 0 aliphatic heterocycles. The molecule has 1 rings (SSSR count). The van der Waals surface area contributed by atoms with Gasteiger partial charge in [0, 0.05) is 29.8 Å². The van der Waals surface area contributed by atoms with Crippen molar-refractivity contribution in [2.24, 2.45) is 11.8 Å². The molecule has 0 aliphatic carbocycles. The van der Waals surface area contributed by atoms with E-state index in [0.29, 0.717) is 0 Å². The van der Waals surface area contributed by atoms with Crippen LogP contribution in [0.15, 0.2) is 22.7 Å². The normalized spacial score (nSPS) is 11.4. The van der Waals surface area contributed by atoms with Gasteiger partial charge < -0.3 is 10.2 Å². The van der Waals surface area contributed by atoms with Crippen LogP contribution in [-0.4, -0.2) is 20.1 Å². The van der Waals surface area contributed by atoms with E-state index in [0.717, 1.165) is 35.9 Å². The number of nitrogens with zero attached hydrogens (tertiary/aromatic N) is 1. The summed E-state index contributed by atoms with van der Waals surface area (Å²) in [7, 11) is 2.01. The van der Waals surface area contributed by atoms with E-state index < -0.39 is 0 Å². The molecule has 0 unspecified atom stereocenters. The molecule has 120 valence electrons. The van der Waals surface area contributed by atoms with Gasteiger partial charge in [0.05, 0.1) is 0 Å². The summed E-state index contributed by atoms with van der Waals surface area (Å²) in [6.07, 6.45) is 2.48. The van der Waals surface area contributed by atoms with E-state index in [4.69, 9.17) is 0 Å². The smallest absolute Gasteiger partial charge is 0.0423 e. The van der Waals surface area contributed by atoms with Crippen LogP contribution in [0, 0.1) is 11.8 Å². The average molecular weight is 355 g/mol. The lowest BCUT2D eigenvalue weighted by molar-refractivity contribution is 0.534. The van der Waals surface area contributed by atoms with Gasteiger partial charge in [-0.2, -0.15) is 0 Å². The molecule has 3 heteroatoms. The van der Waals surface area contributed by atoms with Crippen LogP contribution in [0.1, 0.15) is 46.1 Å². The number of anilines is 1. The molecule has 0 fully saturated rings. The summed E-state index contributed by atoms with van der Waals surface area (Å²) < 4.78 is 1.16. The predicted molar refractivity (Wildman–Crippen MR) is 98.0 cm³/mol. The van der Waals surface area contributed by atoms with Gasteiger partial charge in [-0.15, -0.1) is 0 Å². The van der Waals surface area contributed by atoms with E-state index in [1.807, 2.05) is 7.05 Å². The molecular weight excluding hydrogens is 324 g/mol. The highest BCUT2D eigenvalue weighted by molar-refractivity contribution is 9.10. The van der Waals surface area contributed by atoms with Gasteiger partial charge in [0.1, 0.15) is 0 Å². The second kappa shape index (κ2) is 9.47. The maximum atomic E-state index is 3.63. The van der Waals surface area contributed by atoms with Crippen LogP contribution in [0.25, 0.3) is 0 Å². The Morgan fingerprint density at radius 1 is 1.05 bits per heavy atom. The van der Waals surface area contributed by atoms with E-state index in [2.05, 4.69) is 72.0 Å². The molecule has 2 nitrogen and oxygen atoms in total. The van der Waals surface area contributed by atoms with Gasteiger partial charge in [0.15, 0.2) is 0 Å². The van der Waals surface area contributed by atoms with Crippen molar-refractivity contribution < 1.29 is 0 Å². The zero-order chi connectivity index (χ0) is 15.8. The van der Waals surface area contributed by atoms with Crippen molar-refractivity contribution in [3.8, 4) is 0 Å². The lowest BCUT2D eigenvalue weighted by atomic mass is 10.1. The van der Waals surface area contributed by atoms with Gasteiger partial charge in [0.2, 0.25) is 0 Å². The minimum Gasteiger partial charge on any atom is -0.371 e. The van der Waals surface area contributed by atoms with Crippen molar-refractivity contribution in [2.75, 3.05) is 25.0 Å². The molecule has 0 saturated heterocycles. The monoisotopic (exact) mass is 354 g/mol. The van der Waals surface area contributed by atoms with Gasteiger partial charge in [-0.1, -0.05) is 49.7 Å². The third-order valence-corrected chi connectivity index (χ3v) is 4.20. The summed E-state index contributed by atoms with van der Waals surface area (Å²) >= 11 is 3.63. The van der Waals surface area contributed by atoms with Crippen molar-refractivity contribution >= 4 is 21.6 Å². The van der Waals surface area contributed by atoms with Crippen LogP contribution in [0.2, 0.25) is 0 Å². The molecule has 21 heavy (non-hydrogen) atoms. The van der Waals surface area contributed by atoms with E-state index in [1.165, 1.54) is 24.1 Å². The highest BCUT2D eigenvalue weighted by Crippen LogP contribution is 2.26. The number of nitrogens with one attached hydrogen (secondary N) is 1. The first-order chi connectivity index (χ1) is 9.93. The Labute approximate surface area is 139 Å². The fourth-order valence-corrected chi connectivity index (χ4v) is 2.70. The van der Waals surface area contributed by atoms with Crippen molar-refractivity contribution in [3.63, 3.8) is 0 Å². The van der Waals surface area contributed by atoms with Gasteiger partial charge in [-0.05, 0) is 49.4 Å². The van der Waals surface area contributed by atoms with Crippen molar-refractivity contribution in [2.45, 2.75) is 47.1 Å². The molecule has 1 aromatic carbocycles. The molecule has 0 atom stereocenters. The Kier molecular flexibility index (Phi) is 8.35. The van der Waals surface area contributed by atoms with Gasteiger partial charge >= 0.3 is 0 Å². The Morgan fingerprint density at radius 2 is 1.62 bits per heavy atom. The summed E-state index contributed by atoms with van der Waals surface area (Å²) in [6, 6.07) is 6.64. The summed E-state index contributed by atoms with van der Waals surface area (Å²) in [4.78, 5) is 2.57. The van der Waals surface area contributed by atoms with Crippen LogP contribution in [0.5, 0.6) is 0 Å². The van der Waals surface area contributed by atoms with Crippen LogP contribution >= 0.6 is 15.9 Å². The Bertz CT molecular complexity index is 404. The summed E-state index contributed by atoms with van der Waals surface area (Å²) in [5, 5.41) is 3.29. The molecular formula is C18H31BrN2. The van der Waals surface area contributed by atoms with Crippen LogP contribution in [-0.2, 0) is 6.54 Å². The first-order valence-electron chi connectivity index (χ1n) is 8.12. The Balaban J connectivity index is 2.95. The van der Waals surface area contributed by atoms with Crippen molar-refractivity contribution in [3.05, 3.63) is 28.2 Å². The van der Waals surface area contributed by atoms with Gasteiger partial charge in [-0.3, -0.25) is 0 Å². The highest BCUT2D eigenvalue weighted by Gasteiger charge is 2.13. The summed E-state index contributed by atoms with van der Waals surface area (Å²) in [5.74, 6) is 1.48. The molecule has 0 aliphatic rings. The van der Waals surface area contributed by atoms with E-state index in [9.17, 15) is 0 Å². The van der Waals surface area contributed by atoms with Crippen molar-refractivity contribution in [1.29, 1.82) is 0 Å². The summed E-state index contributed by atoms with van der Waals surface area (Å²) in [6.45, 7) is 12.4. The quantitative estimate of drug-likeness (QED) is 0.665. The third kappa shape index (κ3) is 6.84. The molecule has 0 spiro atoms. The first kappa shape index (κ1) is 18.5. The predicted octanol–water partition coefficient (Wildman–Crippen LogP) is 5.07. The number of hydrogen-bond acceptors (Lipinski definition) is 2. The SMILES string of the molecule is CNCc1ccc(Br)cc1N(CCC(C)C)CCC(C)C. The number of hydrogen-bond donors (Lipinski definition) is 1. The standard InChI is InChI=1S/C18H31BrN2/c1-14(2)8-10-21(11-9-15(3)4)18-12-17(19)7-6-16(18)13-20-5/h6-7,12,14-15,20H,8-11,13H2,1-5H3. The highest BCUT2D eigenvalue weighted by atomic mass is 79.9. The maximum Gasteiger partial charge on any atom is 0.0423 e. The average Bonchev–Trinajstić information content (AvgIpc) is 2.41. The summed E-state index contributed by atoms with van der Waals surface area (Å²) in [5.41, 5.74) is 2.76. The van der Waals surface area contributed by atoms with E-state index in [1.54, 1.807) is 0 Å². The topological polar surface area (TPSA) is 15.3 Å². The second-order valence-corrected chi connectivity index (χ2v) is 7.57. The zero-order valence-corrected chi connectivity index (χ0v) is 15.8. The number of halogens is 1.